The maximum absolute atomic E-state index is 9.15. The van der Waals surface area contributed by atoms with Crippen LogP contribution in [-0.2, 0) is 0 Å². The van der Waals surface area contributed by atoms with Crippen LogP contribution in [0.2, 0.25) is 0 Å². The lowest BCUT2D eigenvalue weighted by atomic mass is 10.0. The highest BCUT2D eigenvalue weighted by molar-refractivity contribution is 5.83. The van der Waals surface area contributed by atoms with Gasteiger partial charge in [-0.3, -0.25) is 0 Å². The molecular formula is C38H29N3. The summed E-state index contributed by atoms with van der Waals surface area (Å²) < 4.78 is 0. The van der Waals surface area contributed by atoms with Gasteiger partial charge in [0, 0.05) is 35.5 Å². The van der Waals surface area contributed by atoms with E-state index in [1.807, 2.05) is 43.4 Å². The van der Waals surface area contributed by atoms with Crippen LogP contribution in [0.4, 0.5) is 28.4 Å². The van der Waals surface area contributed by atoms with Gasteiger partial charge >= 0.3 is 0 Å². The minimum Gasteiger partial charge on any atom is -0.345 e. The Morgan fingerprint density at radius 2 is 0.829 bits per heavy atom. The fourth-order valence-electron chi connectivity index (χ4n) is 5.09. The van der Waals surface area contributed by atoms with E-state index in [-0.39, 0.29) is 0 Å². The third kappa shape index (κ3) is 5.59. The first-order valence-electron chi connectivity index (χ1n) is 13.6. The van der Waals surface area contributed by atoms with Gasteiger partial charge in [-0.05, 0) is 95.1 Å². The van der Waals surface area contributed by atoms with Crippen molar-refractivity contribution in [3.8, 4) is 28.3 Å². The monoisotopic (exact) mass is 527 g/mol. The zero-order valence-electron chi connectivity index (χ0n) is 22.9. The molecule has 0 amide bonds. The van der Waals surface area contributed by atoms with E-state index in [0.717, 1.165) is 28.4 Å². The van der Waals surface area contributed by atoms with E-state index in [9.17, 15) is 0 Å². The highest BCUT2D eigenvalue weighted by atomic mass is 15.1. The quantitative estimate of drug-likeness (QED) is 0.207. The third-order valence-corrected chi connectivity index (χ3v) is 7.30. The molecule has 0 N–H and O–H groups in total. The first-order chi connectivity index (χ1) is 20.2. The summed E-state index contributed by atoms with van der Waals surface area (Å²) in [6.45, 7) is 0. The number of benzene rings is 6. The summed E-state index contributed by atoms with van der Waals surface area (Å²) in [6, 6.07) is 56.8. The molecule has 0 aliphatic rings. The van der Waals surface area contributed by atoms with Crippen LogP contribution in [0, 0.1) is 11.3 Å². The van der Waals surface area contributed by atoms with E-state index in [1.54, 1.807) is 0 Å². The molecule has 0 unspecified atom stereocenters. The molecule has 3 heteroatoms. The molecule has 3 nitrogen and oxygen atoms in total. The average molecular weight is 528 g/mol. The van der Waals surface area contributed by atoms with E-state index in [4.69, 9.17) is 5.26 Å². The second-order valence-electron chi connectivity index (χ2n) is 9.90. The molecule has 0 spiro atoms. The maximum Gasteiger partial charge on any atom is 0.0991 e. The molecular weight excluding hydrogens is 498 g/mol. The van der Waals surface area contributed by atoms with Crippen LogP contribution in [0.15, 0.2) is 158 Å². The summed E-state index contributed by atoms with van der Waals surface area (Å²) in [5.74, 6) is 0. The molecule has 0 aromatic heterocycles. The van der Waals surface area contributed by atoms with Crippen molar-refractivity contribution < 1.29 is 0 Å². The Hall–Kier alpha value is -5.59. The molecule has 0 saturated heterocycles. The molecule has 0 radical (unpaired) electrons. The van der Waals surface area contributed by atoms with E-state index in [1.165, 1.54) is 22.3 Å². The highest BCUT2D eigenvalue weighted by Gasteiger charge is 2.15. The minimum absolute atomic E-state index is 0.656. The average Bonchev–Trinajstić information content (AvgIpc) is 3.06. The summed E-state index contributed by atoms with van der Waals surface area (Å²) in [7, 11) is 2.04. The molecule has 0 heterocycles. The van der Waals surface area contributed by atoms with Gasteiger partial charge in [0.1, 0.15) is 0 Å². The van der Waals surface area contributed by atoms with Crippen LogP contribution in [0.3, 0.4) is 0 Å². The Morgan fingerprint density at radius 1 is 0.415 bits per heavy atom. The molecule has 6 rings (SSSR count). The number of hydrogen-bond donors (Lipinski definition) is 0. The van der Waals surface area contributed by atoms with Crippen molar-refractivity contribution in [2.75, 3.05) is 16.8 Å². The van der Waals surface area contributed by atoms with Crippen LogP contribution in [0.25, 0.3) is 22.3 Å². The second kappa shape index (κ2) is 11.7. The number of nitriles is 1. The number of hydrogen-bond acceptors (Lipinski definition) is 3. The molecule has 0 aliphatic heterocycles. The molecule has 6 aromatic rings. The van der Waals surface area contributed by atoms with Gasteiger partial charge in [-0.15, -0.1) is 0 Å². The van der Waals surface area contributed by atoms with Crippen LogP contribution in [-0.4, -0.2) is 7.05 Å². The number of rotatable bonds is 7. The van der Waals surface area contributed by atoms with E-state index >= 15 is 0 Å². The highest BCUT2D eigenvalue weighted by Crippen LogP contribution is 2.39. The zero-order valence-corrected chi connectivity index (χ0v) is 22.9. The Balaban J connectivity index is 1.41. The van der Waals surface area contributed by atoms with Crippen LogP contribution < -0.4 is 9.80 Å². The van der Waals surface area contributed by atoms with Gasteiger partial charge in [0.05, 0.1) is 11.6 Å². The van der Waals surface area contributed by atoms with Crippen molar-refractivity contribution in [3.05, 3.63) is 163 Å². The minimum atomic E-state index is 0.656. The largest absolute Gasteiger partial charge is 0.345 e. The van der Waals surface area contributed by atoms with Gasteiger partial charge in [-0.25, -0.2) is 0 Å². The molecule has 0 aliphatic carbocycles. The van der Waals surface area contributed by atoms with Crippen LogP contribution in [0.1, 0.15) is 5.56 Å². The summed E-state index contributed by atoms with van der Waals surface area (Å²) in [4.78, 5) is 4.44. The molecule has 0 saturated carbocycles. The Kier molecular flexibility index (Phi) is 7.30. The standard InChI is InChI=1S/C38H29N3/c1-40(34-20-18-29(28-39)19-21-34)35-22-24-36(25-23-35)41(37-16-8-14-32(26-37)30-10-4-2-5-11-30)38-17-9-15-33(27-38)31-12-6-3-7-13-31/h2-27H,1H3. The van der Waals surface area contributed by atoms with Gasteiger partial charge in [0.2, 0.25) is 0 Å². The van der Waals surface area contributed by atoms with Crippen molar-refractivity contribution in [2.24, 2.45) is 0 Å². The SMILES string of the molecule is CN(c1ccc(C#N)cc1)c1ccc(N(c2cccc(-c3ccccc3)c2)c2cccc(-c3ccccc3)c2)cc1. The Morgan fingerprint density at radius 3 is 1.29 bits per heavy atom. The van der Waals surface area contributed by atoms with Gasteiger partial charge in [0.25, 0.3) is 0 Å². The topological polar surface area (TPSA) is 30.3 Å². The van der Waals surface area contributed by atoms with Gasteiger partial charge < -0.3 is 9.80 Å². The smallest absolute Gasteiger partial charge is 0.0991 e. The molecule has 6 aromatic carbocycles. The maximum atomic E-state index is 9.15. The molecule has 41 heavy (non-hydrogen) atoms. The Labute approximate surface area is 241 Å². The summed E-state index contributed by atoms with van der Waals surface area (Å²) in [5, 5.41) is 9.15. The van der Waals surface area contributed by atoms with Crippen molar-refractivity contribution in [1.29, 1.82) is 5.26 Å². The van der Waals surface area contributed by atoms with Crippen LogP contribution >= 0.6 is 0 Å². The van der Waals surface area contributed by atoms with Crippen molar-refractivity contribution in [2.45, 2.75) is 0 Å². The van der Waals surface area contributed by atoms with Crippen molar-refractivity contribution in [3.63, 3.8) is 0 Å². The molecule has 196 valence electrons. The fraction of sp³-hybridized carbons (Fsp3) is 0.0263. The molecule has 0 atom stereocenters. The Bertz CT molecular complexity index is 1700. The summed E-state index contributed by atoms with van der Waals surface area (Å²) in [5.41, 5.74) is 10.7. The van der Waals surface area contributed by atoms with Gasteiger partial charge in [0.15, 0.2) is 0 Å². The first-order valence-corrected chi connectivity index (χ1v) is 13.6. The first kappa shape index (κ1) is 25.7. The molecule has 0 bridgehead atoms. The number of anilines is 5. The van der Waals surface area contributed by atoms with E-state index in [0.29, 0.717) is 5.56 Å². The third-order valence-electron chi connectivity index (χ3n) is 7.30. The van der Waals surface area contributed by atoms with Gasteiger partial charge in [-0.2, -0.15) is 5.26 Å². The molecule has 0 fully saturated rings. The lowest BCUT2D eigenvalue weighted by molar-refractivity contribution is 1.20. The second-order valence-corrected chi connectivity index (χ2v) is 9.90. The lowest BCUT2D eigenvalue weighted by Gasteiger charge is -2.27. The number of nitrogens with zero attached hydrogens (tertiary/aromatic N) is 3. The van der Waals surface area contributed by atoms with Crippen molar-refractivity contribution in [1.82, 2.24) is 0 Å². The van der Waals surface area contributed by atoms with Gasteiger partial charge in [-0.1, -0.05) is 84.9 Å². The fourth-order valence-corrected chi connectivity index (χ4v) is 5.09. The zero-order chi connectivity index (χ0) is 28.0. The van der Waals surface area contributed by atoms with Crippen LogP contribution in [0.5, 0.6) is 0 Å². The van der Waals surface area contributed by atoms with Crippen molar-refractivity contribution >= 4 is 28.4 Å². The predicted octanol–water partition coefficient (Wildman–Crippen LogP) is 10.1. The summed E-state index contributed by atoms with van der Waals surface area (Å²) in [6.07, 6.45) is 0. The normalized spacial score (nSPS) is 10.5. The van der Waals surface area contributed by atoms with E-state index < -0.39 is 0 Å². The summed E-state index contributed by atoms with van der Waals surface area (Å²) >= 11 is 0. The predicted molar refractivity (Wildman–Crippen MR) is 171 cm³/mol. The lowest BCUT2D eigenvalue weighted by Crippen LogP contribution is -2.12. The van der Waals surface area contributed by atoms with E-state index in [2.05, 4.69) is 137 Å².